The number of unbranched alkanes of at least 4 members (excludes halogenated alkanes) is 1. The number of nitrogens with two attached hydrogens (primary N) is 1. The number of nitrogens with zero attached hydrogens (tertiary/aromatic N) is 1. The summed E-state index contributed by atoms with van der Waals surface area (Å²) in [7, 11) is 0. The van der Waals surface area contributed by atoms with Gasteiger partial charge in [-0.3, -0.25) is 4.79 Å². The van der Waals surface area contributed by atoms with Crippen molar-refractivity contribution in [2.24, 2.45) is 5.73 Å². The van der Waals surface area contributed by atoms with Crippen LogP contribution in [0.4, 0.5) is 0 Å². The molecule has 0 radical (unpaired) electrons. The molecule has 4 heteroatoms. The lowest BCUT2D eigenvalue weighted by atomic mass is 9.93. The van der Waals surface area contributed by atoms with Crippen LogP contribution >= 0.6 is 0 Å². The van der Waals surface area contributed by atoms with Gasteiger partial charge in [0.25, 0.3) is 0 Å². The van der Waals surface area contributed by atoms with E-state index in [4.69, 9.17) is 5.73 Å². The van der Waals surface area contributed by atoms with Crippen LogP contribution in [0.1, 0.15) is 59.3 Å². The highest BCUT2D eigenvalue weighted by molar-refractivity contribution is 5.84. The van der Waals surface area contributed by atoms with Gasteiger partial charge < -0.3 is 16.0 Å². The van der Waals surface area contributed by atoms with Gasteiger partial charge in [-0.1, -0.05) is 6.92 Å². The Morgan fingerprint density at radius 1 is 1.47 bits per heavy atom. The summed E-state index contributed by atoms with van der Waals surface area (Å²) in [6, 6.07) is 0.737. The smallest absolute Gasteiger partial charge is 0.237 e. The van der Waals surface area contributed by atoms with Gasteiger partial charge in [0.15, 0.2) is 0 Å². The van der Waals surface area contributed by atoms with Gasteiger partial charge in [0.2, 0.25) is 5.91 Å². The molecule has 0 aromatic rings. The first-order valence-electron chi connectivity index (χ1n) is 7.78. The molecule has 1 heterocycles. The highest BCUT2D eigenvalue weighted by Crippen LogP contribution is 2.19. The Morgan fingerprint density at radius 2 is 2.21 bits per heavy atom. The van der Waals surface area contributed by atoms with Gasteiger partial charge in [0, 0.05) is 6.04 Å². The fourth-order valence-electron chi connectivity index (χ4n) is 2.82. The number of likely N-dealkylation sites (tertiary alicyclic amines) is 1. The number of carbonyl (C=O) groups is 1. The highest BCUT2D eigenvalue weighted by Gasteiger charge is 2.29. The number of nitrogens with one attached hydrogen (secondary N) is 1. The summed E-state index contributed by atoms with van der Waals surface area (Å²) < 4.78 is 0. The number of rotatable bonds is 9. The van der Waals surface area contributed by atoms with Crippen LogP contribution in [0, 0.1) is 0 Å². The molecule has 0 aromatic carbocycles. The molecule has 1 amide bonds. The normalized spacial score (nSPS) is 23.4. The van der Waals surface area contributed by atoms with E-state index in [1.807, 2.05) is 6.92 Å². The lowest BCUT2D eigenvalue weighted by Crippen LogP contribution is -2.53. The Kier molecular flexibility index (Phi) is 6.80. The quantitative estimate of drug-likeness (QED) is 0.628. The van der Waals surface area contributed by atoms with Gasteiger partial charge in [-0.25, -0.2) is 0 Å². The zero-order valence-corrected chi connectivity index (χ0v) is 12.9. The van der Waals surface area contributed by atoms with Crippen LogP contribution in [0.25, 0.3) is 0 Å². The molecular formula is C15H31N3O. The maximum absolute atomic E-state index is 11.6. The number of amides is 1. The molecule has 0 aromatic heterocycles. The minimum absolute atomic E-state index is 0.226. The van der Waals surface area contributed by atoms with Crippen molar-refractivity contribution in [1.29, 1.82) is 0 Å². The average molecular weight is 269 g/mol. The van der Waals surface area contributed by atoms with Crippen molar-refractivity contribution in [3.05, 3.63) is 0 Å². The van der Waals surface area contributed by atoms with E-state index in [1.165, 1.54) is 19.4 Å². The second kappa shape index (κ2) is 7.85. The van der Waals surface area contributed by atoms with E-state index in [0.29, 0.717) is 0 Å². The molecule has 0 spiro atoms. The third kappa shape index (κ3) is 5.11. The Hall–Kier alpha value is -0.610. The van der Waals surface area contributed by atoms with E-state index >= 15 is 0 Å². The Bertz CT molecular complexity index is 283. The van der Waals surface area contributed by atoms with Crippen molar-refractivity contribution in [2.45, 2.75) is 70.9 Å². The molecule has 1 aliphatic heterocycles. The Labute approximate surface area is 118 Å². The fraction of sp³-hybridized carbons (Fsp3) is 0.933. The van der Waals surface area contributed by atoms with Gasteiger partial charge in [-0.05, 0) is 72.0 Å². The molecule has 0 bridgehead atoms. The van der Waals surface area contributed by atoms with Crippen LogP contribution in [0.2, 0.25) is 0 Å². The summed E-state index contributed by atoms with van der Waals surface area (Å²) in [5.41, 5.74) is 4.99. The third-order valence-corrected chi connectivity index (χ3v) is 4.37. The molecule has 2 unspecified atom stereocenters. The SMILES string of the molecule is CCCNC(C)(CCCCN1CCCC1C)C(N)=O. The second-order valence-corrected chi connectivity index (χ2v) is 6.11. The van der Waals surface area contributed by atoms with E-state index in [9.17, 15) is 4.79 Å². The molecule has 1 rings (SSSR count). The summed E-state index contributed by atoms with van der Waals surface area (Å²) in [5, 5.41) is 3.29. The van der Waals surface area contributed by atoms with Crippen molar-refractivity contribution < 1.29 is 4.79 Å². The maximum Gasteiger partial charge on any atom is 0.237 e. The van der Waals surface area contributed by atoms with E-state index < -0.39 is 5.54 Å². The minimum Gasteiger partial charge on any atom is -0.368 e. The minimum atomic E-state index is -0.535. The lowest BCUT2D eigenvalue weighted by molar-refractivity contribution is -0.124. The van der Waals surface area contributed by atoms with Crippen LogP contribution in [0.5, 0.6) is 0 Å². The topological polar surface area (TPSA) is 58.4 Å². The van der Waals surface area contributed by atoms with Crippen molar-refractivity contribution >= 4 is 5.91 Å². The van der Waals surface area contributed by atoms with Crippen LogP contribution in [-0.4, -0.2) is 42.0 Å². The molecule has 1 fully saturated rings. The number of primary amides is 1. The predicted octanol–water partition coefficient (Wildman–Crippen LogP) is 1.88. The number of carbonyl (C=O) groups excluding carboxylic acids is 1. The molecule has 0 aliphatic carbocycles. The van der Waals surface area contributed by atoms with Gasteiger partial charge in [-0.2, -0.15) is 0 Å². The molecule has 112 valence electrons. The fourth-order valence-corrected chi connectivity index (χ4v) is 2.82. The summed E-state index contributed by atoms with van der Waals surface area (Å²) >= 11 is 0. The molecule has 1 saturated heterocycles. The summed E-state index contributed by atoms with van der Waals surface area (Å²) in [6.07, 6.45) is 6.73. The first-order chi connectivity index (χ1) is 8.99. The Balaban J connectivity index is 2.26. The summed E-state index contributed by atoms with van der Waals surface area (Å²) in [6.45, 7) is 9.59. The van der Waals surface area contributed by atoms with Crippen LogP contribution < -0.4 is 11.1 Å². The van der Waals surface area contributed by atoms with E-state index in [2.05, 4.69) is 24.1 Å². The first kappa shape index (κ1) is 16.4. The summed E-state index contributed by atoms with van der Waals surface area (Å²) in [4.78, 5) is 14.1. The van der Waals surface area contributed by atoms with Crippen molar-refractivity contribution in [3.63, 3.8) is 0 Å². The number of hydrogen-bond donors (Lipinski definition) is 2. The summed E-state index contributed by atoms with van der Waals surface area (Å²) in [5.74, 6) is -0.226. The van der Waals surface area contributed by atoms with Crippen LogP contribution in [0.15, 0.2) is 0 Å². The van der Waals surface area contributed by atoms with Gasteiger partial charge in [-0.15, -0.1) is 0 Å². The van der Waals surface area contributed by atoms with E-state index in [0.717, 1.165) is 44.8 Å². The molecule has 19 heavy (non-hydrogen) atoms. The number of hydrogen-bond acceptors (Lipinski definition) is 3. The molecule has 0 saturated carbocycles. The Morgan fingerprint density at radius 3 is 2.74 bits per heavy atom. The first-order valence-corrected chi connectivity index (χ1v) is 7.78. The molecule has 1 aliphatic rings. The van der Waals surface area contributed by atoms with Gasteiger partial charge in [0.05, 0.1) is 5.54 Å². The average Bonchev–Trinajstić information content (AvgIpc) is 2.78. The predicted molar refractivity (Wildman–Crippen MR) is 80.0 cm³/mol. The van der Waals surface area contributed by atoms with Crippen molar-refractivity contribution in [1.82, 2.24) is 10.2 Å². The zero-order chi connectivity index (χ0) is 14.3. The molecule has 2 atom stereocenters. The monoisotopic (exact) mass is 269 g/mol. The van der Waals surface area contributed by atoms with Gasteiger partial charge >= 0.3 is 0 Å². The largest absolute Gasteiger partial charge is 0.368 e. The lowest BCUT2D eigenvalue weighted by Gasteiger charge is -2.28. The van der Waals surface area contributed by atoms with E-state index in [1.54, 1.807) is 0 Å². The van der Waals surface area contributed by atoms with Crippen molar-refractivity contribution in [3.8, 4) is 0 Å². The third-order valence-electron chi connectivity index (χ3n) is 4.37. The van der Waals surface area contributed by atoms with E-state index in [-0.39, 0.29) is 5.91 Å². The standard InChI is InChI=1S/C15H31N3O/c1-4-10-17-15(3,14(16)19)9-5-6-11-18-12-7-8-13(18)2/h13,17H,4-12H2,1-3H3,(H2,16,19). The molecule has 3 N–H and O–H groups in total. The zero-order valence-electron chi connectivity index (χ0n) is 12.9. The molecule has 4 nitrogen and oxygen atoms in total. The van der Waals surface area contributed by atoms with Crippen molar-refractivity contribution in [2.75, 3.05) is 19.6 Å². The molecular weight excluding hydrogens is 238 g/mol. The van der Waals surface area contributed by atoms with Crippen LogP contribution in [-0.2, 0) is 4.79 Å². The highest BCUT2D eigenvalue weighted by atomic mass is 16.1. The van der Waals surface area contributed by atoms with Gasteiger partial charge in [0.1, 0.15) is 0 Å². The maximum atomic E-state index is 11.6. The van der Waals surface area contributed by atoms with Crippen LogP contribution in [0.3, 0.4) is 0 Å². The second-order valence-electron chi connectivity index (χ2n) is 6.11.